The average molecular weight is 166 g/mol. The second-order valence-corrected chi connectivity index (χ2v) is 5.85. The first kappa shape index (κ1) is 8.59. The maximum absolute atomic E-state index is 2.49. The van der Waals surface area contributed by atoms with Crippen LogP contribution in [0.4, 0.5) is 0 Å². The van der Waals surface area contributed by atoms with Crippen LogP contribution in [-0.2, 0) is 0 Å². The molecule has 3 rings (SSSR count). The molecular formula is C12H22. The predicted molar refractivity (Wildman–Crippen MR) is 52.9 cm³/mol. The summed E-state index contributed by atoms with van der Waals surface area (Å²) in [5.74, 6) is 4.06. The van der Waals surface area contributed by atoms with E-state index in [1.165, 1.54) is 19.3 Å². The number of fused-ring (bicyclic) bond motifs is 2. The van der Waals surface area contributed by atoms with Gasteiger partial charge in [-0.15, -0.1) is 0 Å². The van der Waals surface area contributed by atoms with E-state index in [1.54, 1.807) is 0 Å². The summed E-state index contributed by atoms with van der Waals surface area (Å²) in [6.07, 6.45) is 4.55. The van der Waals surface area contributed by atoms with E-state index in [2.05, 4.69) is 27.7 Å². The van der Waals surface area contributed by atoms with Crippen LogP contribution in [0.25, 0.3) is 0 Å². The van der Waals surface area contributed by atoms with Crippen molar-refractivity contribution in [2.45, 2.75) is 47.0 Å². The van der Waals surface area contributed by atoms with Crippen molar-refractivity contribution in [1.82, 2.24) is 0 Å². The Hall–Kier alpha value is 0. The van der Waals surface area contributed by atoms with Crippen LogP contribution in [0.2, 0.25) is 0 Å². The molecule has 0 amide bonds. The van der Waals surface area contributed by atoms with Crippen molar-refractivity contribution in [2.24, 2.45) is 29.1 Å². The quantitative estimate of drug-likeness (QED) is 0.557. The Kier molecular flexibility index (Phi) is 1.79. The first-order valence-electron chi connectivity index (χ1n) is 5.53. The van der Waals surface area contributed by atoms with Gasteiger partial charge in [0.15, 0.2) is 0 Å². The monoisotopic (exact) mass is 166 g/mol. The molecule has 70 valence electrons. The fraction of sp³-hybridized carbons (Fsp3) is 1.00. The van der Waals surface area contributed by atoms with Gasteiger partial charge in [-0.05, 0) is 48.3 Å². The average Bonchev–Trinajstić information content (AvgIpc) is 2.04. The minimum Gasteiger partial charge on any atom is -0.0625 e. The van der Waals surface area contributed by atoms with Crippen LogP contribution in [-0.4, -0.2) is 0 Å². The molecule has 0 aromatic heterocycles. The minimum absolute atomic E-state index is 0.688. The van der Waals surface area contributed by atoms with Gasteiger partial charge in [0, 0.05) is 0 Å². The van der Waals surface area contributed by atoms with Gasteiger partial charge in [0.2, 0.25) is 0 Å². The Bertz CT molecular complexity index is 174. The zero-order valence-electron chi connectivity index (χ0n) is 8.93. The molecule has 0 nitrogen and oxygen atoms in total. The summed E-state index contributed by atoms with van der Waals surface area (Å²) in [6, 6.07) is 0. The van der Waals surface area contributed by atoms with Crippen LogP contribution in [0.3, 0.4) is 0 Å². The van der Waals surface area contributed by atoms with E-state index in [0.29, 0.717) is 5.41 Å². The Labute approximate surface area is 76.7 Å². The zero-order valence-corrected chi connectivity index (χ0v) is 8.93. The molecule has 0 heterocycles. The van der Waals surface area contributed by atoms with Crippen LogP contribution in [0.1, 0.15) is 47.0 Å². The molecular weight excluding hydrogens is 144 g/mol. The van der Waals surface area contributed by atoms with Crippen LogP contribution < -0.4 is 0 Å². The highest BCUT2D eigenvalue weighted by Crippen LogP contribution is 2.62. The van der Waals surface area contributed by atoms with Gasteiger partial charge in [-0.25, -0.2) is 0 Å². The van der Waals surface area contributed by atoms with Crippen molar-refractivity contribution < 1.29 is 0 Å². The van der Waals surface area contributed by atoms with E-state index >= 15 is 0 Å². The summed E-state index contributed by atoms with van der Waals surface area (Å²) in [7, 11) is 0. The second kappa shape index (κ2) is 2.49. The zero-order chi connectivity index (χ0) is 8.93. The second-order valence-electron chi connectivity index (χ2n) is 5.85. The highest BCUT2D eigenvalue weighted by Gasteiger charge is 2.54. The molecule has 3 saturated carbocycles. The van der Waals surface area contributed by atoms with Gasteiger partial charge in [0.25, 0.3) is 0 Å². The van der Waals surface area contributed by atoms with E-state index < -0.39 is 0 Å². The lowest BCUT2D eigenvalue weighted by molar-refractivity contribution is -0.117. The molecule has 0 N–H and O–H groups in total. The van der Waals surface area contributed by atoms with E-state index in [0.717, 1.165) is 23.7 Å². The lowest BCUT2D eigenvalue weighted by atomic mass is 9.44. The maximum Gasteiger partial charge on any atom is -0.0295 e. The lowest BCUT2D eigenvalue weighted by Gasteiger charge is -2.61. The van der Waals surface area contributed by atoms with Gasteiger partial charge in [-0.1, -0.05) is 27.7 Å². The van der Waals surface area contributed by atoms with Crippen molar-refractivity contribution in [2.75, 3.05) is 0 Å². The number of hydrogen-bond donors (Lipinski definition) is 0. The fourth-order valence-corrected chi connectivity index (χ4v) is 3.67. The standard InChI is InChI=1S/C12H22/c1-8(2)10-6-5-9-7-11(10)12(9,3)4/h8-11H,5-7H2,1-4H3/t9-,10?,11?/m0/s1. The normalized spacial score (nSPS) is 44.2. The molecule has 0 aliphatic heterocycles. The van der Waals surface area contributed by atoms with Crippen molar-refractivity contribution in [3.8, 4) is 0 Å². The van der Waals surface area contributed by atoms with E-state index in [1.807, 2.05) is 0 Å². The van der Waals surface area contributed by atoms with Crippen molar-refractivity contribution in [3.63, 3.8) is 0 Å². The number of hydrogen-bond acceptors (Lipinski definition) is 0. The molecule has 0 aromatic carbocycles. The molecule has 3 fully saturated rings. The highest BCUT2D eigenvalue weighted by molar-refractivity contribution is 5.03. The molecule has 3 aliphatic carbocycles. The molecule has 0 saturated heterocycles. The smallest absolute Gasteiger partial charge is 0.0295 e. The van der Waals surface area contributed by atoms with Crippen molar-refractivity contribution >= 4 is 0 Å². The minimum atomic E-state index is 0.688. The lowest BCUT2D eigenvalue weighted by Crippen LogP contribution is -2.53. The van der Waals surface area contributed by atoms with Crippen LogP contribution in [0, 0.1) is 29.1 Å². The Morgan fingerprint density at radius 3 is 2.17 bits per heavy atom. The van der Waals surface area contributed by atoms with E-state index in [4.69, 9.17) is 0 Å². The van der Waals surface area contributed by atoms with Crippen molar-refractivity contribution in [3.05, 3.63) is 0 Å². The molecule has 2 unspecified atom stereocenters. The van der Waals surface area contributed by atoms with Gasteiger partial charge in [0.05, 0.1) is 0 Å². The number of rotatable bonds is 1. The molecule has 0 heteroatoms. The highest BCUT2D eigenvalue weighted by atomic mass is 14.6. The predicted octanol–water partition coefficient (Wildman–Crippen LogP) is 3.71. The first-order chi connectivity index (χ1) is 5.53. The SMILES string of the molecule is CC(C)C1CC[C@H]2CC1C2(C)C. The summed E-state index contributed by atoms with van der Waals surface area (Å²) >= 11 is 0. The molecule has 0 aromatic rings. The molecule has 0 spiro atoms. The first-order valence-corrected chi connectivity index (χ1v) is 5.53. The largest absolute Gasteiger partial charge is 0.0625 e. The summed E-state index contributed by atoms with van der Waals surface area (Å²) in [5, 5.41) is 0. The molecule has 12 heavy (non-hydrogen) atoms. The van der Waals surface area contributed by atoms with Crippen LogP contribution >= 0.6 is 0 Å². The fourth-order valence-electron chi connectivity index (χ4n) is 3.67. The van der Waals surface area contributed by atoms with E-state index in [-0.39, 0.29) is 0 Å². The van der Waals surface area contributed by atoms with Gasteiger partial charge >= 0.3 is 0 Å². The van der Waals surface area contributed by atoms with Gasteiger partial charge in [-0.3, -0.25) is 0 Å². The molecule has 3 aliphatic rings. The summed E-state index contributed by atoms with van der Waals surface area (Å²) in [5.41, 5.74) is 0.688. The third-order valence-corrected chi connectivity index (χ3v) is 4.77. The maximum atomic E-state index is 2.49. The van der Waals surface area contributed by atoms with Crippen molar-refractivity contribution in [1.29, 1.82) is 0 Å². The third-order valence-electron chi connectivity index (χ3n) is 4.77. The summed E-state index contributed by atoms with van der Waals surface area (Å²) < 4.78 is 0. The van der Waals surface area contributed by atoms with Gasteiger partial charge in [-0.2, -0.15) is 0 Å². The Morgan fingerprint density at radius 2 is 1.83 bits per heavy atom. The molecule has 0 radical (unpaired) electrons. The Balaban J connectivity index is 2.11. The molecule has 3 atom stereocenters. The molecule has 2 bridgehead atoms. The van der Waals surface area contributed by atoms with Crippen LogP contribution in [0.5, 0.6) is 0 Å². The van der Waals surface area contributed by atoms with Gasteiger partial charge in [0.1, 0.15) is 0 Å². The third kappa shape index (κ3) is 0.963. The van der Waals surface area contributed by atoms with E-state index in [9.17, 15) is 0 Å². The summed E-state index contributed by atoms with van der Waals surface area (Å²) in [4.78, 5) is 0. The van der Waals surface area contributed by atoms with Crippen LogP contribution in [0.15, 0.2) is 0 Å². The van der Waals surface area contributed by atoms with Gasteiger partial charge < -0.3 is 0 Å². The summed E-state index contributed by atoms with van der Waals surface area (Å²) in [6.45, 7) is 9.78. The topological polar surface area (TPSA) is 0 Å². The Morgan fingerprint density at radius 1 is 1.17 bits per heavy atom.